The van der Waals surface area contributed by atoms with Gasteiger partial charge in [-0.25, -0.2) is 15.0 Å². The molecule has 9 rings (SSSR count). The Morgan fingerprint density at radius 2 is 0.837 bits per heavy atom. The molecule has 0 saturated carbocycles. The zero-order chi connectivity index (χ0) is 32.6. The summed E-state index contributed by atoms with van der Waals surface area (Å²) in [6, 6.07) is 50.2. The van der Waals surface area contributed by atoms with Gasteiger partial charge in [-0.2, -0.15) is 0 Å². The average Bonchev–Trinajstić information content (AvgIpc) is 3.56. The maximum Gasteiger partial charge on any atom is 0.164 e. The Labute approximate surface area is 287 Å². The highest BCUT2D eigenvalue weighted by Gasteiger charge is 2.15. The van der Waals surface area contributed by atoms with Crippen LogP contribution in [-0.4, -0.2) is 24.9 Å². The van der Waals surface area contributed by atoms with Crippen molar-refractivity contribution in [2.24, 2.45) is 0 Å². The van der Waals surface area contributed by atoms with Crippen molar-refractivity contribution in [2.45, 2.75) is 0 Å². The Balaban J connectivity index is 1.12. The van der Waals surface area contributed by atoms with Crippen LogP contribution in [0.5, 0.6) is 0 Å². The van der Waals surface area contributed by atoms with Crippen molar-refractivity contribution in [3.8, 4) is 67.7 Å². The lowest BCUT2D eigenvalue weighted by Gasteiger charge is -2.09. The van der Waals surface area contributed by atoms with E-state index in [4.69, 9.17) is 19.9 Å². The fourth-order valence-electron chi connectivity index (χ4n) is 6.15. The first-order chi connectivity index (χ1) is 24.2. The van der Waals surface area contributed by atoms with E-state index >= 15 is 0 Å². The topological polar surface area (TPSA) is 64.5 Å². The van der Waals surface area contributed by atoms with Crippen LogP contribution in [0.4, 0.5) is 0 Å². The minimum Gasteiger partial charge on any atom is -0.265 e. The number of thiophene rings is 1. The summed E-state index contributed by atoms with van der Waals surface area (Å²) >= 11 is 1.79. The van der Waals surface area contributed by atoms with Gasteiger partial charge >= 0.3 is 0 Å². The summed E-state index contributed by atoms with van der Waals surface area (Å²) in [4.78, 5) is 23.9. The highest BCUT2D eigenvalue weighted by molar-refractivity contribution is 7.25. The van der Waals surface area contributed by atoms with Gasteiger partial charge < -0.3 is 0 Å². The van der Waals surface area contributed by atoms with E-state index in [0.717, 1.165) is 44.6 Å². The molecule has 0 atom stereocenters. The molecule has 0 radical (unpaired) electrons. The van der Waals surface area contributed by atoms with E-state index in [0.29, 0.717) is 17.5 Å². The summed E-state index contributed by atoms with van der Waals surface area (Å²) in [5.74, 6) is 1.93. The first-order valence-corrected chi connectivity index (χ1v) is 16.9. The predicted molar refractivity (Wildman–Crippen MR) is 201 cm³/mol. The Kier molecular flexibility index (Phi) is 7.26. The number of nitrogens with zero attached hydrogens (tertiary/aromatic N) is 5. The molecule has 0 spiro atoms. The van der Waals surface area contributed by atoms with E-state index in [1.54, 1.807) is 23.7 Å². The van der Waals surface area contributed by atoms with Crippen LogP contribution >= 0.6 is 11.3 Å². The second kappa shape index (κ2) is 12.3. The summed E-state index contributed by atoms with van der Waals surface area (Å²) in [5.41, 5.74) is 9.33. The molecular weight excluding hydrogens is 619 g/mol. The third-order valence-electron chi connectivity index (χ3n) is 8.72. The largest absolute Gasteiger partial charge is 0.265 e. The zero-order valence-corrected chi connectivity index (χ0v) is 27.0. The second-order valence-electron chi connectivity index (χ2n) is 11.8. The fraction of sp³-hybridized carbons (Fsp3) is 0. The second-order valence-corrected chi connectivity index (χ2v) is 12.9. The molecule has 9 aromatic rings. The van der Waals surface area contributed by atoms with E-state index in [1.807, 2.05) is 54.7 Å². The van der Waals surface area contributed by atoms with Gasteiger partial charge in [0.25, 0.3) is 0 Å². The summed E-state index contributed by atoms with van der Waals surface area (Å²) < 4.78 is 2.44. The molecule has 230 valence electrons. The van der Waals surface area contributed by atoms with Gasteiger partial charge in [0, 0.05) is 66.6 Å². The zero-order valence-electron chi connectivity index (χ0n) is 26.2. The summed E-state index contributed by atoms with van der Waals surface area (Å²) in [5, 5.41) is 2.36. The van der Waals surface area contributed by atoms with Crippen molar-refractivity contribution in [2.75, 3.05) is 0 Å². The highest BCUT2D eigenvalue weighted by Crippen LogP contribution is 2.38. The highest BCUT2D eigenvalue weighted by atomic mass is 32.1. The van der Waals surface area contributed by atoms with Crippen LogP contribution in [0.25, 0.3) is 87.8 Å². The lowest BCUT2D eigenvalue weighted by atomic mass is 10.0. The van der Waals surface area contributed by atoms with Gasteiger partial charge in [-0.05, 0) is 65.2 Å². The smallest absolute Gasteiger partial charge is 0.164 e. The molecular formula is C43H27N5S. The Hall–Kier alpha value is -6.37. The Bertz CT molecular complexity index is 2570. The number of hydrogen-bond donors (Lipinski definition) is 0. The molecule has 0 saturated heterocycles. The number of benzene rings is 5. The molecule has 4 heterocycles. The molecule has 0 aliphatic carbocycles. The van der Waals surface area contributed by atoms with Crippen LogP contribution in [0.2, 0.25) is 0 Å². The van der Waals surface area contributed by atoms with Crippen LogP contribution in [0, 0.1) is 0 Å². The maximum atomic E-state index is 5.04. The number of hydrogen-bond acceptors (Lipinski definition) is 6. The van der Waals surface area contributed by atoms with Crippen molar-refractivity contribution in [3.63, 3.8) is 0 Å². The molecule has 0 unspecified atom stereocenters. The van der Waals surface area contributed by atoms with Crippen molar-refractivity contribution >= 4 is 31.5 Å². The summed E-state index contributed by atoms with van der Waals surface area (Å²) in [7, 11) is 0. The Morgan fingerprint density at radius 3 is 1.47 bits per heavy atom. The lowest BCUT2D eigenvalue weighted by molar-refractivity contribution is 1.07. The van der Waals surface area contributed by atoms with Crippen molar-refractivity contribution in [3.05, 3.63) is 164 Å². The van der Waals surface area contributed by atoms with Gasteiger partial charge in [0.15, 0.2) is 17.5 Å². The van der Waals surface area contributed by atoms with Crippen LogP contribution in [0.1, 0.15) is 0 Å². The van der Waals surface area contributed by atoms with E-state index < -0.39 is 0 Å². The third kappa shape index (κ3) is 5.64. The quantitative estimate of drug-likeness (QED) is 0.180. The van der Waals surface area contributed by atoms with Crippen molar-refractivity contribution < 1.29 is 0 Å². The van der Waals surface area contributed by atoms with Gasteiger partial charge in [-0.15, -0.1) is 11.3 Å². The van der Waals surface area contributed by atoms with Crippen LogP contribution < -0.4 is 0 Å². The molecule has 0 amide bonds. The number of pyridine rings is 2. The molecule has 49 heavy (non-hydrogen) atoms. The number of rotatable bonds is 6. The minimum absolute atomic E-state index is 0.641. The molecule has 0 aliphatic heterocycles. The first-order valence-electron chi connectivity index (χ1n) is 16.1. The van der Waals surface area contributed by atoms with Crippen LogP contribution in [-0.2, 0) is 0 Å². The molecule has 0 aliphatic rings. The Morgan fingerprint density at radius 1 is 0.367 bits per heavy atom. The van der Waals surface area contributed by atoms with Gasteiger partial charge in [-0.1, -0.05) is 97.1 Å². The fourth-order valence-corrected chi connectivity index (χ4v) is 7.22. The van der Waals surface area contributed by atoms with Gasteiger partial charge in [0.2, 0.25) is 0 Å². The minimum atomic E-state index is 0.641. The molecule has 5 nitrogen and oxygen atoms in total. The predicted octanol–water partition coefficient (Wildman–Crippen LogP) is 11.0. The van der Waals surface area contributed by atoms with E-state index in [2.05, 4.69) is 102 Å². The average molecular weight is 646 g/mol. The molecule has 4 aromatic heterocycles. The van der Waals surface area contributed by atoms with Gasteiger partial charge in [0.1, 0.15) is 0 Å². The van der Waals surface area contributed by atoms with Crippen LogP contribution in [0.15, 0.2) is 164 Å². The summed E-state index contributed by atoms with van der Waals surface area (Å²) in [6.45, 7) is 0. The maximum absolute atomic E-state index is 5.04. The van der Waals surface area contributed by atoms with Gasteiger partial charge in [0.05, 0.1) is 5.69 Å². The van der Waals surface area contributed by atoms with Gasteiger partial charge in [-0.3, -0.25) is 9.97 Å². The third-order valence-corrected chi connectivity index (χ3v) is 9.87. The standard InChI is InChI=1S/C43H27N5S/c1-3-7-28(8-4-1)29-11-13-32(14-12-29)42-46-41(31-9-5-2-6-10-31)47-43(48-42)34-17-20-40-37(26-34)36-25-33(16-19-39(36)49-40)38-18-15-35(27-45-38)30-21-23-44-24-22-30/h1-27H. The molecule has 0 bridgehead atoms. The van der Waals surface area contributed by atoms with Crippen LogP contribution in [0.3, 0.4) is 0 Å². The SMILES string of the molecule is c1ccc(-c2ccc(-c3nc(-c4ccccc4)nc(-c4ccc5sc6ccc(-c7ccc(-c8ccncc8)cn7)cc6c5c4)n3)cc2)cc1. The van der Waals surface area contributed by atoms with E-state index in [-0.39, 0.29) is 0 Å². The van der Waals surface area contributed by atoms with Crippen molar-refractivity contribution in [1.29, 1.82) is 0 Å². The lowest BCUT2D eigenvalue weighted by Crippen LogP contribution is -2.00. The first kappa shape index (κ1) is 28.8. The number of fused-ring (bicyclic) bond motifs is 3. The van der Waals surface area contributed by atoms with E-state index in [9.17, 15) is 0 Å². The number of aromatic nitrogens is 5. The normalized spacial score (nSPS) is 11.3. The molecule has 0 N–H and O–H groups in total. The molecule has 0 fully saturated rings. The van der Waals surface area contributed by atoms with E-state index in [1.165, 1.54) is 25.7 Å². The summed E-state index contributed by atoms with van der Waals surface area (Å²) in [6.07, 6.45) is 5.53. The molecule has 6 heteroatoms. The van der Waals surface area contributed by atoms with Crippen molar-refractivity contribution in [1.82, 2.24) is 24.9 Å². The molecule has 5 aromatic carbocycles. The monoisotopic (exact) mass is 645 g/mol.